The zero-order chi connectivity index (χ0) is 20.1. The summed E-state index contributed by atoms with van der Waals surface area (Å²) in [6, 6.07) is 15.2. The van der Waals surface area contributed by atoms with Crippen molar-refractivity contribution in [2.45, 2.75) is 32.1 Å². The quantitative estimate of drug-likeness (QED) is 0.744. The van der Waals surface area contributed by atoms with Crippen molar-refractivity contribution in [3.05, 3.63) is 71.8 Å². The molecule has 1 N–H and O–H groups in total. The van der Waals surface area contributed by atoms with Gasteiger partial charge in [-0.15, -0.1) is 0 Å². The molecule has 3 rings (SSSR count). The first-order chi connectivity index (χ1) is 13.5. The fraction of sp³-hybridized carbons (Fsp3) is 0.286. The number of hydrogen-bond donors (Lipinski definition) is 1. The number of amides is 2. The lowest BCUT2D eigenvalue weighted by Gasteiger charge is -2.23. The van der Waals surface area contributed by atoms with E-state index in [2.05, 4.69) is 0 Å². The molecule has 2 aromatic carbocycles. The van der Waals surface area contributed by atoms with Crippen LogP contribution in [0.3, 0.4) is 0 Å². The average Bonchev–Trinajstić information content (AvgIpc) is 2.96. The molecule has 0 aromatic heterocycles. The molecule has 0 radical (unpaired) electrons. The first-order valence-corrected chi connectivity index (χ1v) is 9.07. The van der Waals surface area contributed by atoms with Gasteiger partial charge in [-0.2, -0.15) is 0 Å². The second kappa shape index (κ2) is 8.56. The van der Waals surface area contributed by atoms with E-state index in [9.17, 15) is 19.5 Å². The molecule has 7 heteroatoms. The van der Waals surface area contributed by atoms with E-state index in [1.165, 1.54) is 9.80 Å². The van der Waals surface area contributed by atoms with Crippen LogP contribution < -0.4 is 0 Å². The Kier molecular flexibility index (Phi) is 5.93. The van der Waals surface area contributed by atoms with Crippen LogP contribution in [0.4, 0.5) is 4.79 Å². The molecule has 7 nitrogen and oxygen atoms in total. The van der Waals surface area contributed by atoms with Crippen molar-refractivity contribution in [1.29, 1.82) is 0 Å². The second-order valence-corrected chi connectivity index (χ2v) is 6.49. The van der Waals surface area contributed by atoms with Gasteiger partial charge in [0.2, 0.25) is 0 Å². The maximum atomic E-state index is 13.1. The Morgan fingerprint density at radius 3 is 1.79 bits per heavy atom. The Morgan fingerprint density at radius 1 is 0.893 bits per heavy atom. The van der Waals surface area contributed by atoms with E-state index >= 15 is 0 Å². The lowest BCUT2D eigenvalue weighted by atomic mass is 10.1. The normalized spacial score (nSPS) is 19.0. The van der Waals surface area contributed by atoms with Crippen LogP contribution in [0.15, 0.2) is 60.7 Å². The molecule has 2 amide bonds. The fourth-order valence-electron chi connectivity index (χ4n) is 3.39. The van der Waals surface area contributed by atoms with Crippen LogP contribution in [-0.4, -0.2) is 51.6 Å². The van der Waals surface area contributed by atoms with Crippen LogP contribution in [0.2, 0.25) is 0 Å². The van der Waals surface area contributed by atoms with Crippen molar-refractivity contribution in [2.75, 3.05) is 6.61 Å². The van der Waals surface area contributed by atoms with Crippen molar-refractivity contribution in [2.24, 2.45) is 0 Å². The predicted octanol–water partition coefficient (Wildman–Crippen LogP) is 2.51. The number of ether oxygens (including phenoxy) is 1. The molecule has 146 valence electrons. The highest BCUT2D eigenvalue weighted by Crippen LogP contribution is 2.28. The molecule has 0 aliphatic carbocycles. The Morgan fingerprint density at radius 2 is 1.36 bits per heavy atom. The first kappa shape index (κ1) is 19.4. The van der Waals surface area contributed by atoms with Crippen LogP contribution in [0.25, 0.3) is 0 Å². The largest absolute Gasteiger partial charge is 0.480 e. The van der Waals surface area contributed by atoms with Gasteiger partial charge in [0.25, 0.3) is 0 Å². The van der Waals surface area contributed by atoms with E-state index < -0.39 is 30.1 Å². The second-order valence-electron chi connectivity index (χ2n) is 6.49. The molecular weight excluding hydrogens is 360 g/mol. The Bertz CT molecular complexity index is 840. The number of carboxylic acid groups (broad SMARTS) is 1. The summed E-state index contributed by atoms with van der Waals surface area (Å²) < 4.78 is 5.10. The Labute approximate surface area is 163 Å². The van der Waals surface area contributed by atoms with Crippen LogP contribution in [-0.2, 0) is 27.4 Å². The molecule has 1 heterocycles. The van der Waals surface area contributed by atoms with Crippen LogP contribution in [0.5, 0.6) is 0 Å². The van der Waals surface area contributed by atoms with Crippen LogP contribution >= 0.6 is 0 Å². The Balaban J connectivity index is 1.96. The number of esters is 1. The number of hydrogen-bond acceptors (Lipinski definition) is 4. The standard InChI is InChI=1S/C21H22N2O5/c1-2-28-20(26)18-17(19(24)25)22(13-15-9-5-3-6-10-15)21(27)23(18)14-16-11-7-4-8-12-16/h3-12,17-18H,2,13-14H2,1H3,(H,24,25)/t17?,18-/m1/s1. The summed E-state index contributed by atoms with van der Waals surface area (Å²) in [6.45, 7) is 1.97. The minimum atomic E-state index is -1.32. The molecule has 1 saturated heterocycles. The van der Waals surface area contributed by atoms with Gasteiger partial charge in [-0.05, 0) is 18.1 Å². The summed E-state index contributed by atoms with van der Waals surface area (Å²) in [4.78, 5) is 40.3. The highest BCUT2D eigenvalue weighted by Gasteiger charge is 2.53. The first-order valence-electron chi connectivity index (χ1n) is 9.07. The van der Waals surface area contributed by atoms with E-state index in [0.29, 0.717) is 0 Å². The Hall–Kier alpha value is -3.35. The third-order valence-corrected chi connectivity index (χ3v) is 4.63. The summed E-state index contributed by atoms with van der Waals surface area (Å²) in [6.07, 6.45) is 0. The van der Waals surface area contributed by atoms with E-state index in [-0.39, 0.29) is 19.7 Å². The third-order valence-electron chi connectivity index (χ3n) is 4.63. The number of carboxylic acids is 1. The van der Waals surface area contributed by atoms with Crippen LogP contribution in [0.1, 0.15) is 18.1 Å². The molecule has 28 heavy (non-hydrogen) atoms. The molecule has 0 spiro atoms. The molecular formula is C21H22N2O5. The van der Waals surface area contributed by atoms with Crippen molar-refractivity contribution in [3.8, 4) is 0 Å². The number of benzene rings is 2. The van der Waals surface area contributed by atoms with Gasteiger partial charge >= 0.3 is 18.0 Å². The summed E-state index contributed by atoms with van der Waals surface area (Å²) in [7, 11) is 0. The summed E-state index contributed by atoms with van der Waals surface area (Å²) >= 11 is 0. The number of carbonyl (C=O) groups excluding carboxylic acids is 2. The smallest absolute Gasteiger partial charge is 0.331 e. The van der Waals surface area contributed by atoms with Gasteiger partial charge < -0.3 is 19.6 Å². The number of aliphatic carboxylic acids is 1. The molecule has 0 bridgehead atoms. The maximum absolute atomic E-state index is 13.1. The zero-order valence-corrected chi connectivity index (χ0v) is 15.5. The fourth-order valence-corrected chi connectivity index (χ4v) is 3.39. The summed E-state index contributed by atoms with van der Waals surface area (Å²) in [5.41, 5.74) is 1.59. The molecule has 1 fully saturated rings. The van der Waals surface area contributed by atoms with Crippen molar-refractivity contribution >= 4 is 18.0 Å². The topological polar surface area (TPSA) is 87.1 Å². The number of urea groups is 1. The van der Waals surface area contributed by atoms with Crippen molar-refractivity contribution in [1.82, 2.24) is 9.80 Å². The summed E-state index contributed by atoms with van der Waals surface area (Å²) in [5, 5.41) is 9.82. The van der Waals surface area contributed by atoms with Gasteiger partial charge in [-0.3, -0.25) is 0 Å². The number of nitrogens with zero attached hydrogens (tertiary/aromatic N) is 2. The predicted molar refractivity (Wildman–Crippen MR) is 101 cm³/mol. The monoisotopic (exact) mass is 382 g/mol. The maximum Gasteiger partial charge on any atom is 0.331 e. The van der Waals surface area contributed by atoms with Gasteiger partial charge in [-0.1, -0.05) is 60.7 Å². The third kappa shape index (κ3) is 3.98. The van der Waals surface area contributed by atoms with Gasteiger partial charge in [0.1, 0.15) is 0 Å². The molecule has 2 aromatic rings. The molecule has 1 unspecified atom stereocenters. The number of rotatable bonds is 7. The molecule has 0 saturated carbocycles. The van der Waals surface area contributed by atoms with Crippen molar-refractivity contribution < 1.29 is 24.2 Å². The highest BCUT2D eigenvalue weighted by atomic mass is 16.5. The molecule has 1 aliphatic rings. The van der Waals surface area contributed by atoms with Gasteiger partial charge in [0.05, 0.1) is 6.61 Å². The van der Waals surface area contributed by atoms with Gasteiger partial charge in [-0.25, -0.2) is 14.4 Å². The highest BCUT2D eigenvalue weighted by molar-refractivity contribution is 5.96. The van der Waals surface area contributed by atoms with Gasteiger partial charge in [0.15, 0.2) is 12.1 Å². The van der Waals surface area contributed by atoms with Crippen LogP contribution in [0, 0.1) is 0 Å². The minimum Gasteiger partial charge on any atom is -0.480 e. The lowest BCUT2D eigenvalue weighted by Crippen LogP contribution is -2.48. The molecule has 1 aliphatic heterocycles. The van der Waals surface area contributed by atoms with E-state index in [4.69, 9.17) is 4.74 Å². The lowest BCUT2D eigenvalue weighted by molar-refractivity contribution is -0.155. The average molecular weight is 382 g/mol. The van der Waals surface area contributed by atoms with E-state index in [1.54, 1.807) is 6.92 Å². The minimum absolute atomic E-state index is 0.0951. The van der Waals surface area contributed by atoms with E-state index in [1.807, 2.05) is 60.7 Å². The number of carbonyl (C=O) groups is 3. The summed E-state index contributed by atoms with van der Waals surface area (Å²) in [5.74, 6) is -1.95. The van der Waals surface area contributed by atoms with Crippen molar-refractivity contribution in [3.63, 3.8) is 0 Å². The van der Waals surface area contributed by atoms with E-state index in [0.717, 1.165) is 11.1 Å². The SMILES string of the molecule is CCOC(=O)[C@H]1C(C(=O)O)N(Cc2ccccc2)C(=O)N1Cc1ccccc1. The van der Waals surface area contributed by atoms with Gasteiger partial charge in [0, 0.05) is 13.1 Å². The zero-order valence-electron chi connectivity index (χ0n) is 15.5. The molecule has 2 atom stereocenters.